The lowest BCUT2D eigenvalue weighted by molar-refractivity contribution is -0.148. The van der Waals surface area contributed by atoms with Crippen LogP contribution in [0.4, 0.5) is 0 Å². The first-order valence-corrected chi connectivity index (χ1v) is 8.84. The summed E-state index contributed by atoms with van der Waals surface area (Å²) < 4.78 is 0. The number of piperidine rings is 3. The van der Waals surface area contributed by atoms with E-state index in [4.69, 9.17) is 5.73 Å². The third kappa shape index (κ3) is 2.76. The molecule has 1 amide bonds. The molecule has 0 radical (unpaired) electrons. The number of benzene rings is 2. The Labute approximate surface area is 147 Å². The van der Waals surface area contributed by atoms with Gasteiger partial charge in [0.25, 0.3) is 0 Å². The van der Waals surface area contributed by atoms with E-state index in [0.29, 0.717) is 6.54 Å². The summed E-state index contributed by atoms with van der Waals surface area (Å²) in [5.41, 5.74) is 7.81. The molecule has 0 saturated carbocycles. The SMILES string of the molecule is NC(=O)[C@H]1CN2CC[C@@H]1C(=O)C2C(c1ccccc1)c1ccccc1. The number of ketones is 1. The lowest BCUT2D eigenvalue weighted by Crippen LogP contribution is -2.63. The first kappa shape index (κ1) is 16.0. The molecule has 25 heavy (non-hydrogen) atoms. The first-order valence-electron chi connectivity index (χ1n) is 8.84. The predicted molar refractivity (Wildman–Crippen MR) is 95.9 cm³/mol. The number of carbonyl (C=O) groups excluding carboxylic acids is 2. The second kappa shape index (κ2) is 6.45. The number of amides is 1. The van der Waals surface area contributed by atoms with Gasteiger partial charge in [-0.3, -0.25) is 14.5 Å². The molecule has 4 nitrogen and oxygen atoms in total. The topological polar surface area (TPSA) is 63.4 Å². The van der Waals surface area contributed by atoms with Crippen molar-refractivity contribution >= 4 is 11.7 Å². The van der Waals surface area contributed by atoms with Gasteiger partial charge in [-0.25, -0.2) is 0 Å². The van der Waals surface area contributed by atoms with Crippen molar-refractivity contribution in [2.45, 2.75) is 18.4 Å². The van der Waals surface area contributed by atoms with E-state index in [1.54, 1.807) is 0 Å². The Kier molecular flexibility index (Phi) is 4.14. The van der Waals surface area contributed by atoms with Gasteiger partial charge >= 0.3 is 0 Å². The fraction of sp³-hybridized carbons (Fsp3) is 0.333. The van der Waals surface area contributed by atoms with Crippen LogP contribution in [0.3, 0.4) is 0 Å². The van der Waals surface area contributed by atoms with Gasteiger partial charge in [-0.2, -0.15) is 0 Å². The number of nitrogens with two attached hydrogens (primary N) is 1. The molecular formula is C21H22N2O2. The summed E-state index contributed by atoms with van der Waals surface area (Å²) in [4.78, 5) is 27.2. The van der Waals surface area contributed by atoms with E-state index in [1.165, 1.54) is 0 Å². The van der Waals surface area contributed by atoms with Crippen molar-refractivity contribution in [1.29, 1.82) is 0 Å². The number of primary amides is 1. The minimum atomic E-state index is -0.350. The van der Waals surface area contributed by atoms with Crippen LogP contribution >= 0.6 is 0 Å². The number of nitrogens with zero attached hydrogens (tertiary/aromatic N) is 1. The van der Waals surface area contributed by atoms with E-state index < -0.39 is 0 Å². The number of fused-ring (bicyclic) bond motifs is 3. The van der Waals surface area contributed by atoms with E-state index in [-0.39, 0.29) is 35.5 Å². The Morgan fingerprint density at radius 2 is 1.56 bits per heavy atom. The van der Waals surface area contributed by atoms with Crippen LogP contribution in [-0.4, -0.2) is 35.7 Å². The van der Waals surface area contributed by atoms with Crippen LogP contribution in [0.15, 0.2) is 60.7 Å². The smallest absolute Gasteiger partial charge is 0.222 e. The highest BCUT2D eigenvalue weighted by molar-refractivity contribution is 5.94. The molecule has 0 aliphatic carbocycles. The molecule has 3 aliphatic rings. The monoisotopic (exact) mass is 334 g/mol. The molecule has 0 aromatic heterocycles. The summed E-state index contributed by atoms with van der Waals surface area (Å²) in [6.07, 6.45) is 0.735. The van der Waals surface area contributed by atoms with Crippen molar-refractivity contribution in [3.05, 3.63) is 71.8 Å². The molecule has 4 atom stereocenters. The first-order chi connectivity index (χ1) is 12.2. The van der Waals surface area contributed by atoms with Crippen molar-refractivity contribution in [3.63, 3.8) is 0 Å². The normalized spacial score (nSPS) is 28.3. The molecule has 2 bridgehead atoms. The van der Waals surface area contributed by atoms with Gasteiger partial charge in [0.1, 0.15) is 0 Å². The largest absolute Gasteiger partial charge is 0.369 e. The summed E-state index contributed by atoms with van der Waals surface area (Å²) in [5.74, 6) is -0.782. The summed E-state index contributed by atoms with van der Waals surface area (Å²) in [5, 5.41) is 0. The van der Waals surface area contributed by atoms with Crippen LogP contribution in [0.5, 0.6) is 0 Å². The van der Waals surface area contributed by atoms with Crippen molar-refractivity contribution < 1.29 is 9.59 Å². The van der Waals surface area contributed by atoms with Gasteiger partial charge in [0.05, 0.1) is 12.0 Å². The molecule has 4 heteroatoms. The van der Waals surface area contributed by atoms with Crippen LogP contribution in [0.1, 0.15) is 23.5 Å². The summed E-state index contributed by atoms with van der Waals surface area (Å²) >= 11 is 0. The zero-order chi connectivity index (χ0) is 17.4. The molecule has 2 aromatic carbocycles. The highest BCUT2D eigenvalue weighted by Gasteiger charge is 2.51. The van der Waals surface area contributed by atoms with Crippen LogP contribution in [0.25, 0.3) is 0 Å². The maximum atomic E-state index is 13.2. The van der Waals surface area contributed by atoms with E-state index in [1.807, 2.05) is 36.4 Å². The number of rotatable bonds is 4. The van der Waals surface area contributed by atoms with Crippen LogP contribution in [0, 0.1) is 11.8 Å². The van der Waals surface area contributed by atoms with Gasteiger partial charge in [0.15, 0.2) is 5.78 Å². The average Bonchev–Trinajstić information content (AvgIpc) is 2.66. The lowest BCUT2D eigenvalue weighted by atomic mass is 9.69. The second-order valence-corrected chi connectivity index (χ2v) is 7.05. The van der Waals surface area contributed by atoms with Gasteiger partial charge in [-0.15, -0.1) is 0 Å². The Morgan fingerprint density at radius 1 is 1.00 bits per heavy atom. The van der Waals surface area contributed by atoms with E-state index >= 15 is 0 Å². The summed E-state index contributed by atoms with van der Waals surface area (Å²) in [6, 6.07) is 20.1. The number of hydrogen-bond acceptors (Lipinski definition) is 3. The fourth-order valence-electron chi connectivity index (χ4n) is 4.51. The Hall–Kier alpha value is -2.46. The molecule has 3 heterocycles. The molecule has 3 fully saturated rings. The van der Waals surface area contributed by atoms with E-state index in [2.05, 4.69) is 29.2 Å². The number of carbonyl (C=O) groups is 2. The maximum Gasteiger partial charge on any atom is 0.222 e. The van der Waals surface area contributed by atoms with Crippen LogP contribution < -0.4 is 5.73 Å². The molecule has 5 rings (SSSR count). The van der Waals surface area contributed by atoms with Gasteiger partial charge in [0.2, 0.25) is 5.91 Å². The molecule has 128 valence electrons. The van der Waals surface area contributed by atoms with Gasteiger partial charge in [0, 0.05) is 18.4 Å². The zero-order valence-corrected chi connectivity index (χ0v) is 14.0. The second-order valence-electron chi connectivity index (χ2n) is 7.05. The third-order valence-electron chi connectivity index (χ3n) is 5.69. The Bertz CT molecular complexity index is 735. The molecule has 3 aliphatic heterocycles. The van der Waals surface area contributed by atoms with Crippen molar-refractivity contribution in [1.82, 2.24) is 4.90 Å². The van der Waals surface area contributed by atoms with Gasteiger partial charge in [-0.05, 0) is 24.1 Å². The van der Waals surface area contributed by atoms with Gasteiger partial charge in [-0.1, -0.05) is 60.7 Å². The third-order valence-corrected chi connectivity index (χ3v) is 5.69. The Morgan fingerprint density at radius 3 is 2.04 bits per heavy atom. The standard InChI is InChI=1S/C21H22N2O2/c22-21(25)17-13-23-12-11-16(17)20(24)19(23)18(14-7-3-1-4-8-14)15-9-5-2-6-10-15/h1-10,16-19H,11-13H2,(H2,22,25)/t16-,17-,19?/m0/s1. The predicted octanol–water partition coefficient (Wildman–Crippen LogP) is 2.19. The molecule has 2 unspecified atom stereocenters. The fourth-order valence-corrected chi connectivity index (χ4v) is 4.51. The quantitative estimate of drug-likeness (QED) is 0.932. The molecule has 0 spiro atoms. The minimum Gasteiger partial charge on any atom is -0.369 e. The highest BCUT2D eigenvalue weighted by atomic mass is 16.2. The molecule has 2 aromatic rings. The van der Waals surface area contributed by atoms with Crippen LogP contribution in [0.2, 0.25) is 0 Å². The Balaban J connectivity index is 1.76. The molecule has 2 N–H and O–H groups in total. The summed E-state index contributed by atoms with van der Waals surface area (Å²) in [6.45, 7) is 1.44. The minimum absolute atomic E-state index is 0.0217. The van der Waals surface area contributed by atoms with Gasteiger partial charge < -0.3 is 5.73 Å². The average molecular weight is 334 g/mol. The van der Waals surface area contributed by atoms with E-state index in [0.717, 1.165) is 24.1 Å². The summed E-state index contributed by atoms with van der Waals surface area (Å²) in [7, 11) is 0. The van der Waals surface area contributed by atoms with Crippen molar-refractivity contribution in [3.8, 4) is 0 Å². The van der Waals surface area contributed by atoms with E-state index in [9.17, 15) is 9.59 Å². The van der Waals surface area contributed by atoms with Crippen molar-refractivity contribution in [2.24, 2.45) is 17.6 Å². The number of hydrogen-bond donors (Lipinski definition) is 1. The maximum absolute atomic E-state index is 13.2. The van der Waals surface area contributed by atoms with Crippen molar-refractivity contribution in [2.75, 3.05) is 13.1 Å². The molecule has 3 saturated heterocycles. The highest BCUT2D eigenvalue weighted by Crippen LogP contribution is 2.41. The number of Topliss-reactive ketones (excluding diaryl/α,β-unsaturated/α-hetero) is 1. The zero-order valence-electron chi connectivity index (χ0n) is 14.0. The molecular weight excluding hydrogens is 312 g/mol. The van der Waals surface area contributed by atoms with Crippen LogP contribution in [-0.2, 0) is 9.59 Å². The lowest BCUT2D eigenvalue weighted by Gasteiger charge is -2.50.